The molecular weight excluding hydrogens is 106 g/mol. The van der Waals surface area contributed by atoms with Gasteiger partial charge in [-0.05, 0) is 0 Å². The van der Waals surface area contributed by atoms with Crippen LogP contribution < -0.4 is 0 Å². The smallest absolute Gasteiger partial charge is 0.0274 e. The number of nitrogens with zero attached hydrogens (tertiary/aromatic N) is 3. The summed E-state index contributed by atoms with van der Waals surface area (Å²) in [7, 11) is -0.139. The van der Waals surface area contributed by atoms with Gasteiger partial charge in [-0.1, -0.05) is 19.6 Å². The van der Waals surface area contributed by atoms with Crippen LogP contribution in [0.4, 0.5) is 0 Å². The zero-order valence-corrected chi connectivity index (χ0v) is 6.07. The summed E-state index contributed by atoms with van der Waals surface area (Å²) >= 11 is 0. The molecule has 3 nitrogen and oxygen atoms in total. The van der Waals surface area contributed by atoms with Crippen molar-refractivity contribution in [1.29, 1.82) is 0 Å². The van der Waals surface area contributed by atoms with Gasteiger partial charge in [0.15, 0.2) is 0 Å². The van der Waals surface area contributed by atoms with E-state index >= 15 is 0 Å². The predicted molar refractivity (Wildman–Crippen MR) is 34.8 cm³/mol. The lowest BCUT2D eigenvalue weighted by Gasteiger charge is -1.75. The lowest BCUT2D eigenvalue weighted by molar-refractivity contribution is 1.91. The Labute approximate surface area is 45.4 Å². The molecule has 42 valence electrons. The van der Waals surface area contributed by atoms with Crippen LogP contribution in [0.2, 0.25) is 19.6 Å². The monoisotopic (exact) mass is 116 g/mol. The van der Waals surface area contributed by atoms with E-state index in [0.29, 0.717) is 0 Å². The molecule has 0 saturated heterocycles. The molecule has 0 heterocycles. The Bertz CT molecular complexity index is 52.4. The van der Waals surface area contributed by atoms with E-state index in [0.717, 1.165) is 0 Å². The van der Waals surface area contributed by atoms with Gasteiger partial charge in [0.05, 0.1) is 0 Å². The lowest BCUT2D eigenvalue weighted by atomic mass is 11.8. The highest BCUT2D eigenvalue weighted by Crippen LogP contribution is 1.68. The summed E-state index contributed by atoms with van der Waals surface area (Å²) in [6.07, 6.45) is 0. The van der Waals surface area contributed by atoms with E-state index in [-0.39, 0.29) is 8.80 Å². The van der Waals surface area contributed by atoms with Gasteiger partial charge in [-0.15, -0.1) is 0 Å². The summed E-state index contributed by atoms with van der Waals surface area (Å²) in [6.45, 7) is 6.92. The average molecular weight is 116 g/mol. The van der Waals surface area contributed by atoms with E-state index in [1.54, 1.807) is 0 Å². The van der Waals surface area contributed by atoms with Crippen LogP contribution in [0.5, 0.6) is 0 Å². The second kappa shape index (κ2) is 9.11. The first-order chi connectivity index (χ1) is 3.15. The fourth-order valence-electron chi connectivity index (χ4n) is 0. The summed E-state index contributed by atoms with van der Waals surface area (Å²) in [4.78, 5) is 1.50. The van der Waals surface area contributed by atoms with Crippen molar-refractivity contribution in [3.63, 3.8) is 0 Å². The highest BCUT2D eigenvalue weighted by molar-refractivity contribution is 6.54. The molecule has 0 bridgehead atoms. The van der Waals surface area contributed by atoms with E-state index in [1.807, 2.05) is 0 Å². The topological polar surface area (TPSA) is 58.7 Å². The van der Waals surface area contributed by atoms with Crippen LogP contribution >= 0.6 is 0 Å². The molecule has 0 aromatic rings. The highest BCUT2D eigenvalue weighted by Gasteiger charge is 1.71. The van der Waals surface area contributed by atoms with Gasteiger partial charge in [0.25, 0.3) is 0 Å². The van der Waals surface area contributed by atoms with Gasteiger partial charge >= 0.3 is 0 Å². The average Bonchev–Trinajstić information content (AvgIpc) is 1.33. The molecule has 0 aromatic carbocycles. The second-order valence-corrected chi connectivity index (χ2v) is 5.29. The molecule has 7 heavy (non-hydrogen) atoms. The summed E-state index contributed by atoms with van der Waals surface area (Å²) in [5, 5.41) is 0. The van der Waals surface area contributed by atoms with Crippen molar-refractivity contribution in [3.8, 4) is 0 Å². The summed E-state index contributed by atoms with van der Waals surface area (Å²) in [6, 6.07) is 0. The first kappa shape index (κ1) is 9.73. The number of hydrogen-bond donors (Lipinski definition) is 0. The van der Waals surface area contributed by atoms with E-state index < -0.39 is 0 Å². The van der Waals surface area contributed by atoms with Crippen molar-refractivity contribution in [3.05, 3.63) is 16.0 Å². The SMILES string of the molecule is C[SiH](C)C.[N-]=[N+]=[N-]. The maximum atomic E-state index is 6.75. The lowest BCUT2D eigenvalue weighted by Crippen LogP contribution is -1.84. The van der Waals surface area contributed by atoms with Crippen molar-refractivity contribution in [2.75, 3.05) is 0 Å². The first-order valence-corrected chi connectivity index (χ1v) is 5.60. The molecule has 4 heteroatoms. The third-order valence-corrected chi connectivity index (χ3v) is 0. The Kier molecular flexibility index (Phi) is 12.7. The number of hydrogen-bond acceptors (Lipinski definition) is 0. The Balaban J connectivity index is 0. The molecular formula is C3H10N3Si-. The molecule has 0 unspecified atom stereocenters. The zero-order valence-electron chi connectivity index (χ0n) is 4.92. The normalized spacial score (nSPS) is 6.29. The van der Waals surface area contributed by atoms with Gasteiger partial charge in [-0.2, -0.15) is 0 Å². The van der Waals surface area contributed by atoms with Crippen LogP contribution in [0.25, 0.3) is 16.0 Å². The minimum absolute atomic E-state index is 0.139. The summed E-state index contributed by atoms with van der Waals surface area (Å²) < 4.78 is 0. The standard InChI is InChI=1S/C3H10Si.N3/c1-4(2)3;1-3-2/h4H,1-3H3;/q;-1. The molecule has 0 aromatic heterocycles. The van der Waals surface area contributed by atoms with Gasteiger partial charge < -0.3 is 11.1 Å². The maximum absolute atomic E-state index is 6.75. The fourth-order valence-corrected chi connectivity index (χ4v) is 0. The molecule has 0 aliphatic carbocycles. The molecule has 0 aliphatic heterocycles. The third-order valence-electron chi connectivity index (χ3n) is 0. The Hall–Kier alpha value is -0.473. The number of rotatable bonds is 0. The molecule has 0 aliphatic rings. The second-order valence-electron chi connectivity index (χ2n) is 1.82. The van der Waals surface area contributed by atoms with Crippen molar-refractivity contribution in [2.45, 2.75) is 19.6 Å². The summed E-state index contributed by atoms with van der Waals surface area (Å²) in [5.74, 6) is 0. The Morgan fingerprint density at radius 1 is 1.14 bits per heavy atom. The molecule has 0 saturated carbocycles. The molecule has 0 amide bonds. The van der Waals surface area contributed by atoms with Gasteiger partial charge in [0.2, 0.25) is 0 Å². The Morgan fingerprint density at radius 3 is 1.14 bits per heavy atom. The van der Waals surface area contributed by atoms with E-state index in [4.69, 9.17) is 11.1 Å². The molecule has 0 radical (unpaired) electrons. The van der Waals surface area contributed by atoms with Crippen LogP contribution in [0.1, 0.15) is 0 Å². The predicted octanol–water partition coefficient (Wildman–Crippen LogP) is 1.97. The van der Waals surface area contributed by atoms with Crippen LogP contribution in [0.3, 0.4) is 0 Å². The van der Waals surface area contributed by atoms with Crippen LogP contribution in [0, 0.1) is 0 Å². The largest absolute Gasteiger partial charge is 0.373 e. The maximum Gasteiger partial charge on any atom is 0.0274 e. The molecule has 0 atom stereocenters. The minimum Gasteiger partial charge on any atom is -0.373 e. The van der Waals surface area contributed by atoms with Gasteiger partial charge in [-0.25, -0.2) is 0 Å². The molecule has 0 rings (SSSR count). The van der Waals surface area contributed by atoms with Gasteiger partial charge in [0, 0.05) is 8.80 Å². The highest BCUT2D eigenvalue weighted by atomic mass is 28.3. The third kappa shape index (κ3) is 307. The van der Waals surface area contributed by atoms with Crippen LogP contribution in [-0.2, 0) is 0 Å². The van der Waals surface area contributed by atoms with Crippen molar-refractivity contribution < 1.29 is 0 Å². The zero-order chi connectivity index (χ0) is 6.28. The van der Waals surface area contributed by atoms with E-state index in [2.05, 4.69) is 19.6 Å². The van der Waals surface area contributed by atoms with Crippen molar-refractivity contribution in [1.82, 2.24) is 0 Å². The van der Waals surface area contributed by atoms with Crippen molar-refractivity contribution >= 4 is 8.80 Å². The minimum atomic E-state index is -0.139. The first-order valence-electron chi connectivity index (χ1n) is 2.13. The van der Waals surface area contributed by atoms with E-state index in [9.17, 15) is 0 Å². The van der Waals surface area contributed by atoms with E-state index in [1.165, 1.54) is 4.91 Å². The van der Waals surface area contributed by atoms with Crippen molar-refractivity contribution in [2.24, 2.45) is 0 Å². The van der Waals surface area contributed by atoms with Gasteiger partial charge in [-0.3, -0.25) is 4.91 Å². The summed E-state index contributed by atoms with van der Waals surface area (Å²) in [5.41, 5.74) is 13.5. The van der Waals surface area contributed by atoms with Crippen LogP contribution in [-0.4, -0.2) is 8.80 Å². The fraction of sp³-hybridized carbons (Fsp3) is 1.00. The van der Waals surface area contributed by atoms with Crippen LogP contribution in [0.15, 0.2) is 0 Å². The quantitative estimate of drug-likeness (QED) is 0.201. The Morgan fingerprint density at radius 2 is 1.14 bits per heavy atom. The molecule has 0 fully saturated rings. The molecule has 0 spiro atoms. The molecule has 0 N–H and O–H groups in total. The van der Waals surface area contributed by atoms with Gasteiger partial charge in [0.1, 0.15) is 0 Å².